The number of carbonyl (C=O) groups excluding carboxylic acids is 1. The van der Waals surface area contributed by atoms with Gasteiger partial charge in [0.05, 0.1) is 10.8 Å². The molecule has 0 heterocycles. The van der Waals surface area contributed by atoms with Crippen LogP contribution in [0.2, 0.25) is 5.02 Å². The fraction of sp³-hybridized carbons (Fsp3) is 0.500. The van der Waals surface area contributed by atoms with Crippen LogP contribution in [0.4, 0.5) is 10.1 Å². The predicted octanol–water partition coefficient (Wildman–Crippen LogP) is 4.48. The summed E-state index contributed by atoms with van der Waals surface area (Å²) < 4.78 is 13.0. The van der Waals surface area contributed by atoms with Crippen LogP contribution in [-0.4, -0.2) is 16.9 Å². The van der Waals surface area contributed by atoms with E-state index in [4.69, 9.17) is 11.6 Å². The number of benzene rings is 1. The number of thioether (sulfide) groups is 1. The van der Waals surface area contributed by atoms with E-state index >= 15 is 0 Å². The minimum Gasteiger partial charge on any atom is -0.325 e. The molecule has 0 aromatic heterocycles. The molecule has 1 saturated carbocycles. The zero-order valence-corrected chi connectivity index (χ0v) is 12.2. The average Bonchev–Trinajstić information content (AvgIpc) is 2.42. The molecule has 1 aliphatic carbocycles. The van der Waals surface area contributed by atoms with Crippen LogP contribution in [0.3, 0.4) is 0 Å². The van der Waals surface area contributed by atoms with Gasteiger partial charge in [0.15, 0.2) is 0 Å². The maximum atomic E-state index is 13.0. The first-order chi connectivity index (χ1) is 9.15. The van der Waals surface area contributed by atoms with Crippen molar-refractivity contribution in [2.45, 2.75) is 37.4 Å². The van der Waals surface area contributed by atoms with Gasteiger partial charge in [0.25, 0.3) is 0 Å². The Bertz CT molecular complexity index is 449. The summed E-state index contributed by atoms with van der Waals surface area (Å²) in [7, 11) is 0. The Morgan fingerprint density at radius 2 is 2.11 bits per heavy atom. The number of amides is 1. The van der Waals surface area contributed by atoms with Crippen LogP contribution in [0.1, 0.15) is 32.1 Å². The van der Waals surface area contributed by atoms with Crippen LogP contribution in [0.15, 0.2) is 18.2 Å². The van der Waals surface area contributed by atoms with Gasteiger partial charge in [-0.2, -0.15) is 0 Å². The van der Waals surface area contributed by atoms with Crippen molar-refractivity contribution in [1.29, 1.82) is 0 Å². The third-order valence-electron chi connectivity index (χ3n) is 3.21. The minimum atomic E-state index is -0.476. The Labute approximate surface area is 122 Å². The normalized spacial score (nSPS) is 16.3. The molecule has 0 bridgehead atoms. The second-order valence-corrected chi connectivity index (χ2v) is 6.44. The number of hydrogen-bond donors (Lipinski definition) is 1. The molecule has 0 unspecified atom stereocenters. The van der Waals surface area contributed by atoms with E-state index in [2.05, 4.69) is 5.32 Å². The van der Waals surface area contributed by atoms with E-state index in [1.807, 2.05) is 0 Å². The van der Waals surface area contributed by atoms with Gasteiger partial charge < -0.3 is 5.32 Å². The highest BCUT2D eigenvalue weighted by atomic mass is 35.5. The molecular formula is C14H17ClFNOS. The van der Waals surface area contributed by atoms with E-state index in [0.29, 0.717) is 16.7 Å². The Morgan fingerprint density at radius 3 is 2.79 bits per heavy atom. The Hall–Kier alpha value is -0.740. The van der Waals surface area contributed by atoms with E-state index in [9.17, 15) is 9.18 Å². The molecule has 1 amide bonds. The van der Waals surface area contributed by atoms with Crippen LogP contribution in [0.25, 0.3) is 0 Å². The third kappa shape index (κ3) is 4.69. The van der Waals surface area contributed by atoms with Crippen LogP contribution in [-0.2, 0) is 4.79 Å². The van der Waals surface area contributed by atoms with Crippen molar-refractivity contribution < 1.29 is 9.18 Å². The fourth-order valence-corrected chi connectivity index (χ4v) is 3.50. The number of nitrogens with one attached hydrogen (secondary N) is 1. The largest absolute Gasteiger partial charge is 0.325 e. The fourth-order valence-electron chi connectivity index (χ4n) is 2.20. The first-order valence-electron chi connectivity index (χ1n) is 6.51. The lowest BCUT2D eigenvalue weighted by atomic mass is 10.0. The number of hydrogen-bond acceptors (Lipinski definition) is 2. The van der Waals surface area contributed by atoms with Gasteiger partial charge in [0, 0.05) is 10.9 Å². The molecule has 1 aromatic carbocycles. The van der Waals surface area contributed by atoms with E-state index in [1.54, 1.807) is 11.8 Å². The Morgan fingerprint density at radius 1 is 1.37 bits per heavy atom. The summed E-state index contributed by atoms with van der Waals surface area (Å²) in [5.41, 5.74) is 0.542. The summed E-state index contributed by atoms with van der Waals surface area (Å²) in [5, 5.41) is 3.37. The van der Waals surface area contributed by atoms with E-state index in [-0.39, 0.29) is 10.9 Å². The first kappa shape index (κ1) is 14.7. The van der Waals surface area contributed by atoms with Gasteiger partial charge in [-0.05, 0) is 31.0 Å². The van der Waals surface area contributed by atoms with Gasteiger partial charge in [-0.1, -0.05) is 30.9 Å². The van der Waals surface area contributed by atoms with Crippen LogP contribution in [0, 0.1) is 5.82 Å². The molecular weight excluding hydrogens is 285 g/mol. The van der Waals surface area contributed by atoms with Crippen molar-refractivity contribution in [3.63, 3.8) is 0 Å². The highest BCUT2D eigenvalue weighted by Gasteiger charge is 2.15. The lowest BCUT2D eigenvalue weighted by Gasteiger charge is -2.20. The molecule has 1 fully saturated rings. The maximum absolute atomic E-state index is 13.0. The zero-order valence-electron chi connectivity index (χ0n) is 10.6. The van der Waals surface area contributed by atoms with E-state index < -0.39 is 5.82 Å². The lowest BCUT2D eigenvalue weighted by Crippen LogP contribution is -2.17. The molecule has 2 nitrogen and oxygen atoms in total. The van der Waals surface area contributed by atoms with Gasteiger partial charge in [-0.3, -0.25) is 4.79 Å². The average molecular weight is 302 g/mol. The lowest BCUT2D eigenvalue weighted by molar-refractivity contribution is -0.113. The van der Waals surface area contributed by atoms with Crippen molar-refractivity contribution in [1.82, 2.24) is 0 Å². The molecule has 1 N–H and O–H groups in total. The summed E-state index contributed by atoms with van der Waals surface area (Å²) in [6, 6.07) is 4.21. The predicted molar refractivity (Wildman–Crippen MR) is 79.4 cm³/mol. The molecule has 19 heavy (non-hydrogen) atoms. The molecule has 0 aliphatic heterocycles. The zero-order chi connectivity index (χ0) is 13.7. The molecule has 104 valence electrons. The SMILES string of the molecule is O=C(CSC1CCCCC1)Nc1ccc(F)c(Cl)c1. The van der Waals surface area contributed by atoms with Gasteiger partial charge >= 0.3 is 0 Å². The van der Waals surface area contributed by atoms with Crippen LogP contribution in [0.5, 0.6) is 0 Å². The summed E-state index contributed by atoms with van der Waals surface area (Å²) in [5.74, 6) is -0.0888. The van der Waals surface area contributed by atoms with Gasteiger partial charge in [0.2, 0.25) is 5.91 Å². The number of anilines is 1. The van der Waals surface area contributed by atoms with E-state index in [1.165, 1.54) is 50.3 Å². The molecule has 1 aromatic rings. The summed E-state index contributed by atoms with van der Waals surface area (Å²) in [4.78, 5) is 11.8. The molecule has 1 aliphatic rings. The van der Waals surface area contributed by atoms with Gasteiger partial charge in [0.1, 0.15) is 5.82 Å². The molecule has 0 saturated heterocycles. The summed E-state index contributed by atoms with van der Waals surface area (Å²) in [6.45, 7) is 0. The number of halogens is 2. The van der Waals surface area contributed by atoms with Crippen LogP contribution >= 0.6 is 23.4 Å². The Balaban J connectivity index is 1.78. The molecule has 2 rings (SSSR count). The highest BCUT2D eigenvalue weighted by molar-refractivity contribution is 8.00. The highest BCUT2D eigenvalue weighted by Crippen LogP contribution is 2.28. The molecule has 0 atom stereocenters. The maximum Gasteiger partial charge on any atom is 0.234 e. The summed E-state index contributed by atoms with van der Waals surface area (Å²) >= 11 is 7.38. The van der Waals surface area contributed by atoms with Gasteiger partial charge in [-0.25, -0.2) is 4.39 Å². The minimum absolute atomic E-state index is 0.0257. The van der Waals surface area contributed by atoms with E-state index in [0.717, 1.165) is 0 Å². The second kappa shape index (κ2) is 7.15. The smallest absolute Gasteiger partial charge is 0.234 e. The Kier molecular flexibility index (Phi) is 5.52. The van der Waals surface area contributed by atoms with Crippen molar-refractivity contribution in [2.75, 3.05) is 11.1 Å². The number of carbonyl (C=O) groups is 1. The van der Waals surface area contributed by atoms with Gasteiger partial charge in [-0.15, -0.1) is 11.8 Å². The second-order valence-electron chi connectivity index (χ2n) is 4.75. The third-order valence-corrected chi connectivity index (χ3v) is 4.87. The standard InChI is InChI=1S/C14H17ClFNOS/c15-12-8-10(6-7-13(12)16)17-14(18)9-19-11-4-2-1-3-5-11/h6-8,11H,1-5,9H2,(H,17,18). The quantitative estimate of drug-likeness (QED) is 0.888. The van der Waals surface area contributed by atoms with Crippen molar-refractivity contribution in [3.05, 3.63) is 29.0 Å². The van der Waals surface area contributed by atoms with Crippen molar-refractivity contribution >= 4 is 35.0 Å². The number of rotatable bonds is 4. The molecule has 5 heteroatoms. The van der Waals surface area contributed by atoms with Crippen molar-refractivity contribution in [2.24, 2.45) is 0 Å². The topological polar surface area (TPSA) is 29.1 Å². The first-order valence-corrected chi connectivity index (χ1v) is 7.94. The molecule has 0 radical (unpaired) electrons. The monoisotopic (exact) mass is 301 g/mol. The molecule has 0 spiro atoms. The van der Waals surface area contributed by atoms with Crippen LogP contribution < -0.4 is 5.32 Å². The summed E-state index contributed by atoms with van der Waals surface area (Å²) in [6.07, 6.45) is 6.28. The van der Waals surface area contributed by atoms with Crippen molar-refractivity contribution in [3.8, 4) is 0 Å².